The molecule has 120 valence electrons. The lowest BCUT2D eigenvalue weighted by atomic mass is 9.65. The van der Waals surface area contributed by atoms with Gasteiger partial charge in [-0.3, -0.25) is 0 Å². The summed E-state index contributed by atoms with van der Waals surface area (Å²) in [6.45, 7) is 1.96. The lowest BCUT2D eigenvalue weighted by Gasteiger charge is -2.57. The van der Waals surface area contributed by atoms with Crippen molar-refractivity contribution in [2.75, 3.05) is 0 Å². The Morgan fingerprint density at radius 3 is 2.57 bits per heavy atom. The molecule has 0 spiro atoms. The molecule has 2 aliphatic rings. The Hall–Kier alpha value is -1.49. The minimum atomic E-state index is -2.72. The molecule has 0 amide bonds. The van der Waals surface area contributed by atoms with Crippen LogP contribution in [-0.4, -0.2) is 20.5 Å². The Kier molecular flexibility index (Phi) is 3.45. The third-order valence-electron chi connectivity index (χ3n) is 5.48. The van der Waals surface area contributed by atoms with Gasteiger partial charge in [0.05, 0.1) is 0 Å². The van der Waals surface area contributed by atoms with E-state index in [-0.39, 0.29) is 5.92 Å². The maximum atomic E-state index is 14.2. The zero-order valence-corrected chi connectivity index (χ0v) is 14.0. The predicted molar refractivity (Wildman–Crippen MR) is 92.4 cm³/mol. The van der Waals surface area contributed by atoms with Gasteiger partial charge in [0.15, 0.2) is 0 Å². The molecule has 1 aliphatic carbocycles. The first-order valence-corrected chi connectivity index (χ1v) is 9.74. The highest BCUT2D eigenvalue weighted by Crippen LogP contribution is 2.63. The van der Waals surface area contributed by atoms with E-state index < -0.39 is 21.0 Å². The lowest BCUT2D eigenvalue weighted by molar-refractivity contribution is 0.0585. The van der Waals surface area contributed by atoms with E-state index in [4.69, 9.17) is 4.36 Å². The van der Waals surface area contributed by atoms with Crippen LogP contribution in [0.4, 0.5) is 5.69 Å². The minimum absolute atomic E-state index is 0.124. The van der Waals surface area contributed by atoms with Crippen LogP contribution in [0.15, 0.2) is 63.9 Å². The molecule has 1 heterocycles. The predicted octanol–water partition coefficient (Wildman–Crippen LogP) is 4.25. The quantitative estimate of drug-likeness (QED) is 0.857. The number of benzene rings is 2. The fourth-order valence-electron chi connectivity index (χ4n) is 4.22. The molecular formula is C19H21NO2S. The van der Waals surface area contributed by atoms with Crippen LogP contribution < -0.4 is 0 Å². The second kappa shape index (κ2) is 5.26. The van der Waals surface area contributed by atoms with Crippen LogP contribution in [0.1, 0.15) is 37.7 Å². The van der Waals surface area contributed by atoms with Crippen LogP contribution >= 0.6 is 0 Å². The smallest absolute Gasteiger partial charge is 0.149 e. The average Bonchev–Trinajstić information content (AvgIpc) is 2.56. The molecule has 1 aliphatic heterocycles. The zero-order chi connectivity index (χ0) is 16.1. The second-order valence-corrected chi connectivity index (χ2v) is 8.92. The summed E-state index contributed by atoms with van der Waals surface area (Å²) >= 11 is 0. The second-order valence-electron chi connectivity index (χ2n) is 6.46. The summed E-state index contributed by atoms with van der Waals surface area (Å²) in [7, 11) is -2.72. The van der Waals surface area contributed by atoms with Gasteiger partial charge in [0.2, 0.25) is 0 Å². The van der Waals surface area contributed by atoms with Crippen molar-refractivity contribution >= 4 is 15.8 Å². The van der Waals surface area contributed by atoms with Crippen molar-refractivity contribution in [1.82, 2.24) is 0 Å². The normalized spacial score (nSPS) is 32.9. The third kappa shape index (κ3) is 1.86. The first kappa shape index (κ1) is 15.1. The van der Waals surface area contributed by atoms with Crippen molar-refractivity contribution in [2.45, 2.75) is 47.9 Å². The van der Waals surface area contributed by atoms with E-state index in [1.54, 1.807) is 0 Å². The molecule has 4 rings (SSSR count). The van der Waals surface area contributed by atoms with Crippen molar-refractivity contribution < 1.29 is 9.66 Å². The fourth-order valence-corrected chi connectivity index (χ4v) is 7.46. The Balaban J connectivity index is 2.03. The molecule has 2 aromatic carbocycles. The van der Waals surface area contributed by atoms with Gasteiger partial charge in [0.25, 0.3) is 0 Å². The number of hydrogen-bond donors (Lipinski definition) is 1. The van der Waals surface area contributed by atoms with Crippen LogP contribution in [0.2, 0.25) is 0 Å². The van der Waals surface area contributed by atoms with Crippen molar-refractivity contribution in [3.05, 3.63) is 60.2 Å². The van der Waals surface area contributed by atoms with Crippen LogP contribution in [0, 0.1) is 0 Å². The number of hydrogen-bond acceptors (Lipinski definition) is 3. The van der Waals surface area contributed by atoms with Gasteiger partial charge in [-0.2, -0.15) is 0 Å². The van der Waals surface area contributed by atoms with Crippen LogP contribution in [0.5, 0.6) is 0 Å². The molecule has 4 atom stereocenters. The van der Waals surface area contributed by atoms with Crippen molar-refractivity contribution in [1.29, 1.82) is 0 Å². The van der Waals surface area contributed by atoms with Gasteiger partial charge >= 0.3 is 0 Å². The van der Waals surface area contributed by atoms with Gasteiger partial charge in [-0.15, -0.1) is 4.36 Å². The summed E-state index contributed by atoms with van der Waals surface area (Å²) in [6.07, 6.45) is 1.72. The molecule has 1 N–H and O–H groups in total. The zero-order valence-electron chi connectivity index (χ0n) is 13.2. The van der Waals surface area contributed by atoms with Gasteiger partial charge < -0.3 is 9.66 Å². The fraction of sp³-hybridized carbons (Fsp3) is 0.368. The molecule has 2 aromatic rings. The molecule has 1 fully saturated rings. The van der Waals surface area contributed by atoms with Crippen molar-refractivity contribution in [2.24, 2.45) is 4.36 Å². The summed E-state index contributed by atoms with van der Waals surface area (Å²) in [5.74, 6) is 0.124. The van der Waals surface area contributed by atoms with E-state index in [1.165, 1.54) is 0 Å². The number of fused-ring (bicyclic) bond motifs is 3. The monoisotopic (exact) mass is 327 g/mol. The van der Waals surface area contributed by atoms with Crippen LogP contribution in [0.25, 0.3) is 0 Å². The van der Waals surface area contributed by atoms with Gasteiger partial charge in [0.1, 0.15) is 21.4 Å². The molecule has 0 radical (unpaired) electrons. The van der Waals surface area contributed by atoms with Crippen molar-refractivity contribution in [3.8, 4) is 0 Å². The number of nitrogens with zero attached hydrogens (tertiary/aromatic N) is 1. The molecule has 0 bridgehead atoms. The summed E-state index contributed by atoms with van der Waals surface area (Å²) in [5, 5.41) is 10.8. The molecule has 1 unspecified atom stereocenters. The van der Waals surface area contributed by atoms with E-state index in [2.05, 4.69) is 6.07 Å². The van der Waals surface area contributed by atoms with Crippen molar-refractivity contribution in [3.63, 3.8) is 0 Å². The third-order valence-corrected chi connectivity index (χ3v) is 8.64. The van der Waals surface area contributed by atoms with Crippen LogP contribution in [-0.2, 0) is 10.1 Å². The van der Waals surface area contributed by atoms with Crippen LogP contribution in [0.3, 0.4) is 0 Å². The Morgan fingerprint density at radius 2 is 1.91 bits per heavy atom. The SMILES string of the molecule is CC[C@H](O)[C@]12CC[C@H]1c1ccccc1N=[S+]2([O-])c1ccccc1. The summed E-state index contributed by atoms with van der Waals surface area (Å²) in [4.78, 5) is 0.742. The molecule has 4 heteroatoms. The minimum Gasteiger partial charge on any atom is -0.626 e. The molecule has 1 saturated carbocycles. The summed E-state index contributed by atoms with van der Waals surface area (Å²) in [5.41, 5.74) is 1.96. The molecule has 0 aromatic heterocycles. The van der Waals surface area contributed by atoms with E-state index in [1.807, 2.05) is 55.5 Å². The highest BCUT2D eigenvalue weighted by molar-refractivity contribution is 8.01. The topological polar surface area (TPSA) is 55.7 Å². The van der Waals surface area contributed by atoms with E-state index in [0.29, 0.717) is 6.42 Å². The summed E-state index contributed by atoms with van der Waals surface area (Å²) < 4.78 is 18.2. The first-order chi connectivity index (χ1) is 11.1. The Morgan fingerprint density at radius 1 is 1.22 bits per heavy atom. The molecular weight excluding hydrogens is 306 g/mol. The summed E-state index contributed by atoms with van der Waals surface area (Å²) in [6, 6.07) is 17.5. The molecule has 3 nitrogen and oxygen atoms in total. The van der Waals surface area contributed by atoms with E-state index in [0.717, 1.165) is 29.0 Å². The maximum Gasteiger partial charge on any atom is 0.149 e. The highest BCUT2D eigenvalue weighted by atomic mass is 32.3. The van der Waals surface area contributed by atoms with Gasteiger partial charge in [-0.05, 0) is 46.7 Å². The van der Waals surface area contributed by atoms with E-state index in [9.17, 15) is 9.66 Å². The largest absolute Gasteiger partial charge is 0.626 e. The van der Waals surface area contributed by atoms with E-state index >= 15 is 0 Å². The Bertz CT molecular complexity index is 789. The molecule has 23 heavy (non-hydrogen) atoms. The first-order valence-electron chi connectivity index (χ1n) is 8.22. The maximum absolute atomic E-state index is 14.2. The number of aliphatic hydroxyl groups excluding tert-OH is 1. The Labute approximate surface area is 138 Å². The van der Waals surface area contributed by atoms with Gasteiger partial charge in [-0.25, -0.2) is 0 Å². The molecule has 0 saturated heterocycles. The van der Waals surface area contributed by atoms with Gasteiger partial charge in [-0.1, -0.05) is 43.3 Å². The lowest BCUT2D eigenvalue weighted by Crippen LogP contribution is -2.63. The number of rotatable bonds is 3. The average molecular weight is 327 g/mol. The number of aliphatic hydroxyl groups is 1. The van der Waals surface area contributed by atoms with Gasteiger partial charge in [0, 0.05) is 12.3 Å². The standard InChI is InChI=1S/C19H21NO2S/c1-2-18(21)19-13-12-16(19)15-10-6-7-11-17(15)20-23(19,22)14-8-4-3-5-9-14/h3-11,16,18,21H,2,12-13H2,1H3/t16-,18-,19-,23?/m0/s1. The highest BCUT2D eigenvalue weighted by Gasteiger charge is 2.65.